The van der Waals surface area contributed by atoms with Crippen LogP contribution < -0.4 is 10.1 Å². The standard InChI is InChI=1S/C30H46F2N2O7/c1-6-11-38-23-13-20(12-22(32)15-23)14-24(33-19(2)35)28(36)25-18-39-27(17-34(25)29(37)41-30(3,4)5)40-26(16-31)21-9-7-8-10-21/h12-13,15,21,24-28,36H,6-11,14,16-18H2,1-5H3,(H,33,35)/t24-,25+,26?,27+,28-/m0/s1. The van der Waals surface area contributed by atoms with E-state index in [1.807, 2.05) is 6.92 Å². The van der Waals surface area contributed by atoms with E-state index in [9.17, 15) is 23.5 Å². The first-order chi connectivity index (χ1) is 19.4. The highest BCUT2D eigenvalue weighted by Gasteiger charge is 2.43. The van der Waals surface area contributed by atoms with Crippen molar-refractivity contribution < 1.29 is 42.4 Å². The van der Waals surface area contributed by atoms with Crippen molar-refractivity contribution in [1.82, 2.24) is 10.2 Å². The van der Waals surface area contributed by atoms with Gasteiger partial charge in [0.1, 0.15) is 23.8 Å². The van der Waals surface area contributed by atoms with E-state index in [2.05, 4.69) is 5.32 Å². The number of amides is 2. The number of carbonyl (C=O) groups excluding carboxylic acids is 2. The summed E-state index contributed by atoms with van der Waals surface area (Å²) in [5.41, 5.74) is -0.321. The molecule has 2 N–H and O–H groups in total. The van der Waals surface area contributed by atoms with Crippen LogP contribution in [-0.4, -0.2) is 84.6 Å². The molecule has 3 rings (SSSR count). The van der Waals surface area contributed by atoms with E-state index in [1.54, 1.807) is 26.8 Å². The molecule has 1 aliphatic carbocycles. The zero-order chi connectivity index (χ0) is 30.2. The Morgan fingerprint density at radius 1 is 1.22 bits per heavy atom. The third kappa shape index (κ3) is 10.1. The summed E-state index contributed by atoms with van der Waals surface area (Å²) in [5.74, 6) is -0.481. The van der Waals surface area contributed by atoms with E-state index in [4.69, 9.17) is 18.9 Å². The second-order valence-corrected chi connectivity index (χ2v) is 12.0. The van der Waals surface area contributed by atoms with Crippen molar-refractivity contribution in [3.05, 3.63) is 29.6 Å². The van der Waals surface area contributed by atoms with Gasteiger partial charge in [0.25, 0.3) is 0 Å². The molecule has 0 radical (unpaired) electrons. The number of alkyl halides is 1. The van der Waals surface area contributed by atoms with Crippen LogP contribution in [0.5, 0.6) is 5.75 Å². The van der Waals surface area contributed by atoms with Crippen LogP contribution in [0.4, 0.5) is 13.6 Å². The molecule has 232 valence electrons. The minimum Gasteiger partial charge on any atom is -0.493 e. The highest BCUT2D eigenvalue weighted by atomic mass is 19.1. The predicted octanol–water partition coefficient (Wildman–Crippen LogP) is 4.53. The molecule has 1 saturated carbocycles. The minimum absolute atomic E-state index is 0.0607. The van der Waals surface area contributed by atoms with Crippen LogP contribution in [0, 0.1) is 11.7 Å². The molecular weight excluding hydrogens is 538 g/mol. The predicted molar refractivity (Wildman–Crippen MR) is 149 cm³/mol. The van der Waals surface area contributed by atoms with Gasteiger partial charge in [0.05, 0.1) is 44.1 Å². The van der Waals surface area contributed by atoms with Crippen molar-refractivity contribution in [3.63, 3.8) is 0 Å². The quantitative estimate of drug-likeness (QED) is 0.372. The Kier molecular flexibility index (Phi) is 12.2. The SMILES string of the molecule is CCCOc1cc(F)cc(C[C@H](NC(C)=O)[C@H](O)[C@H]2CO[C@H](OC(CF)C3CCCC3)CN2C(=O)OC(C)(C)C)c1. The first-order valence-corrected chi connectivity index (χ1v) is 14.6. The summed E-state index contributed by atoms with van der Waals surface area (Å²) < 4.78 is 51.4. The van der Waals surface area contributed by atoms with Gasteiger partial charge in [-0.05, 0) is 70.1 Å². The first-order valence-electron chi connectivity index (χ1n) is 14.6. The number of nitrogens with zero attached hydrogens (tertiary/aromatic N) is 1. The Hall–Kier alpha value is -2.50. The van der Waals surface area contributed by atoms with Crippen LogP contribution in [0.1, 0.15) is 72.3 Å². The van der Waals surface area contributed by atoms with Crippen LogP contribution >= 0.6 is 0 Å². The number of hydrogen-bond acceptors (Lipinski definition) is 7. The monoisotopic (exact) mass is 584 g/mol. The fourth-order valence-corrected chi connectivity index (χ4v) is 5.42. The highest BCUT2D eigenvalue weighted by Crippen LogP contribution is 2.31. The van der Waals surface area contributed by atoms with Gasteiger partial charge in [-0.15, -0.1) is 0 Å². The van der Waals surface area contributed by atoms with Crippen molar-refractivity contribution in [2.75, 3.05) is 26.4 Å². The van der Waals surface area contributed by atoms with Crippen molar-refractivity contribution in [2.24, 2.45) is 5.92 Å². The fraction of sp³-hybridized carbons (Fsp3) is 0.733. The van der Waals surface area contributed by atoms with Crippen LogP contribution in [0.25, 0.3) is 0 Å². The summed E-state index contributed by atoms with van der Waals surface area (Å²) in [5, 5.41) is 14.3. The van der Waals surface area contributed by atoms with Gasteiger partial charge in [0.2, 0.25) is 5.91 Å². The largest absolute Gasteiger partial charge is 0.493 e. The van der Waals surface area contributed by atoms with Gasteiger partial charge in [0, 0.05) is 13.0 Å². The number of carbonyl (C=O) groups is 2. The van der Waals surface area contributed by atoms with E-state index in [1.165, 1.54) is 24.0 Å². The Morgan fingerprint density at radius 3 is 2.54 bits per heavy atom. The van der Waals surface area contributed by atoms with Crippen LogP contribution in [-0.2, 0) is 25.4 Å². The van der Waals surface area contributed by atoms with Gasteiger partial charge >= 0.3 is 6.09 Å². The van der Waals surface area contributed by atoms with Gasteiger partial charge in [0.15, 0.2) is 6.29 Å². The van der Waals surface area contributed by atoms with E-state index in [0.29, 0.717) is 17.9 Å². The normalized spacial score (nSPS) is 22.2. The van der Waals surface area contributed by atoms with Gasteiger partial charge in [-0.1, -0.05) is 19.8 Å². The number of aliphatic hydroxyl groups excluding tert-OH is 1. The van der Waals surface area contributed by atoms with Crippen LogP contribution in [0.2, 0.25) is 0 Å². The maximum absolute atomic E-state index is 14.4. The zero-order valence-electron chi connectivity index (χ0n) is 24.9. The molecule has 1 unspecified atom stereocenters. The Labute approximate surface area is 241 Å². The minimum atomic E-state index is -1.32. The number of morpholine rings is 1. The Bertz CT molecular complexity index is 1000. The number of halogens is 2. The number of ether oxygens (including phenoxy) is 4. The number of hydrogen-bond donors (Lipinski definition) is 2. The number of nitrogens with one attached hydrogen (secondary N) is 1. The Morgan fingerprint density at radius 2 is 1.93 bits per heavy atom. The molecule has 41 heavy (non-hydrogen) atoms. The van der Waals surface area contributed by atoms with Crippen molar-refractivity contribution >= 4 is 12.0 Å². The first kappa shape index (κ1) is 33.0. The van der Waals surface area contributed by atoms with E-state index < -0.39 is 60.7 Å². The number of benzene rings is 1. The molecule has 9 nitrogen and oxygen atoms in total. The maximum atomic E-state index is 14.4. The second kappa shape index (κ2) is 15.1. The van der Waals surface area contributed by atoms with Crippen molar-refractivity contribution in [2.45, 2.75) is 109 Å². The van der Waals surface area contributed by atoms with E-state index >= 15 is 0 Å². The van der Waals surface area contributed by atoms with Gasteiger partial charge in [-0.2, -0.15) is 0 Å². The van der Waals surface area contributed by atoms with Crippen molar-refractivity contribution in [3.8, 4) is 5.75 Å². The molecule has 2 fully saturated rings. The molecule has 2 amide bonds. The third-order valence-corrected chi connectivity index (χ3v) is 7.29. The van der Waals surface area contributed by atoms with Crippen LogP contribution in [0.15, 0.2) is 18.2 Å². The van der Waals surface area contributed by atoms with Gasteiger partial charge < -0.3 is 29.4 Å². The lowest BCUT2D eigenvalue weighted by Crippen LogP contribution is -2.63. The summed E-state index contributed by atoms with van der Waals surface area (Å²) in [6, 6.07) is 2.42. The molecule has 1 aromatic rings. The molecule has 2 aliphatic rings. The molecule has 5 atom stereocenters. The third-order valence-electron chi connectivity index (χ3n) is 7.29. The summed E-state index contributed by atoms with van der Waals surface area (Å²) in [6.07, 6.45) is 1.05. The average molecular weight is 585 g/mol. The molecule has 1 aliphatic heterocycles. The smallest absolute Gasteiger partial charge is 0.410 e. The topological polar surface area (TPSA) is 107 Å². The lowest BCUT2D eigenvalue weighted by Gasteiger charge is -2.44. The number of aliphatic hydroxyl groups is 1. The second-order valence-electron chi connectivity index (χ2n) is 12.0. The van der Waals surface area contributed by atoms with E-state index in [-0.39, 0.29) is 25.5 Å². The Balaban J connectivity index is 1.82. The van der Waals surface area contributed by atoms with Crippen LogP contribution in [0.3, 0.4) is 0 Å². The highest BCUT2D eigenvalue weighted by molar-refractivity contribution is 5.73. The molecule has 1 aromatic carbocycles. The summed E-state index contributed by atoms with van der Waals surface area (Å²) in [6.45, 7) is 7.96. The molecule has 0 spiro atoms. The lowest BCUT2D eigenvalue weighted by atomic mass is 9.94. The van der Waals surface area contributed by atoms with Gasteiger partial charge in [-0.3, -0.25) is 9.69 Å². The average Bonchev–Trinajstić information content (AvgIpc) is 3.43. The number of rotatable bonds is 12. The molecule has 11 heteroatoms. The molecule has 0 aromatic heterocycles. The molecular formula is C30H46F2N2O7. The maximum Gasteiger partial charge on any atom is 0.410 e. The van der Waals surface area contributed by atoms with E-state index in [0.717, 1.165) is 32.1 Å². The zero-order valence-corrected chi connectivity index (χ0v) is 24.9. The van der Waals surface area contributed by atoms with Crippen molar-refractivity contribution in [1.29, 1.82) is 0 Å². The fourth-order valence-electron chi connectivity index (χ4n) is 5.42. The summed E-state index contributed by atoms with van der Waals surface area (Å²) >= 11 is 0. The van der Waals surface area contributed by atoms with Gasteiger partial charge in [-0.25, -0.2) is 13.6 Å². The summed E-state index contributed by atoms with van der Waals surface area (Å²) in [4.78, 5) is 26.8. The lowest BCUT2D eigenvalue weighted by molar-refractivity contribution is -0.229. The molecule has 1 saturated heterocycles. The summed E-state index contributed by atoms with van der Waals surface area (Å²) in [7, 11) is 0. The molecule has 0 bridgehead atoms. The molecule has 1 heterocycles.